The molecule has 0 saturated carbocycles. The fraction of sp³-hybridized carbons (Fsp3) is 0.333. The van der Waals surface area contributed by atoms with Crippen LogP contribution in [0.1, 0.15) is 18.7 Å². The molecule has 0 spiro atoms. The fourth-order valence-electron chi connectivity index (χ4n) is 2.28. The molecule has 94 valence electrons. The number of hydrogen-bond acceptors (Lipinski definition) is 2. The van der Waals surface area contributed by atoms with E-state index < -0.39 is 17.6 Å². The van der Waals surface area contributed by atoms with Gasteiger partial charge < -0.3 is 5.11 Å². The molecule has 2 aromatic rings. The molecule has 0 unspecified atom stereocenters. The van der Waals surface area contributed by atoms with Gasteiger partial charge in [0, 0.05) is 17.6 Å². The molecule has 3 rings (SSSR count). The number of fused-ring (bicyclic) bond motifs is 1. The van der Waals surface area contributed by atoms with Gasteiger partial charge in [0.05, 0.1) is 6.54 Å². The number of aromatic nitrogens is 3. The molecular formula is C12H11F2N3O. The highest BCUT2D eigenvalue weighted by molar-refractivity contribution is 5.33. The van der Waals surface area contributed by atoms with Gasteiger partial charge >= 0.3 is 0 Å². The van der Waals surface area contributed by atoms with Crippen molar-refractivity contribution in [2.24, 2.45) is 0 Å². The van der Waals surface area contributed by atoms with Gasteiger partial charge in [-0.15, -0.1) is 0 Å². The van der Waals surface area contributed by atoms with Crippen LogP contribution in [0.3, 0.4) is 0 Å². The molecule has 18 heavy (non-hydrogen) atoms. The lowest BCUT2D eigenvalue weighted by Crippen LogP contribution is -2.42. The highest BCUT2D eigenvalue weighted by Gasteiger charge is 2.26. The van der Waals surface area contributed by atoms with Crippen LogP contribution >= 0.6 is 0 Å². The number of halogens is 2. The largest absolute Gasteiger partial charge is 0.818 e. The number of rotatable bonds is 1. The maximum atomic E-state index is 13.7. The first-order valence-electron chi connectivity index (χ1n) is 5.81. The molecule has 0 radical (unpaired) electrons. The predicted molar refractivity (Wildman–Crippen MR) is 56.1 cm³/mol. The summed E-state index contributed by atoms with van der Waals surface area (Å²) in [6.07, 6.45) is 2.47. The second kappa shape index (κ2) is 4.04. The summed E-state index contributed by atoms with van der Waals surface area (Å²) in [6.45, 7) is 0.588. The third-order valence-corrected chi connectivity index (χ3v) is 3.14. The van der Waals surface area contributed by atoms with Crippen LogP contribution in [0, 0.1) is 11.6 Å². The van der Waals surface area contributed by atoms with E-state index in [-0.39, 0.29) is 5.69 Å². The fourth-order valence-corrected chi connectivity index (χ4v) is 2.28. The Morgan fingerprint density at radius 3 is 2.94 bits per heavy atom. The van der Waals surface area contributed by atoms with Gasteiger partial charge in [-0.1, -0.05) is 4.68 Å². The highest BCUT2D eigenvalue weighted by Crippen LogP contribution is 2.19. The molecule has 2 heterocycles. The molecule has 0 aliphatic carbocycles. The lowest BCUT2D eigenvalue weighted by atomic mass is 10.1. The Morgan fingerprint density at radius 1 is 1.28 bits per heavy atom. The molecule has 0 fully saturated rings. The van der Waals surface area contributed by atoms with Crippen molar-refractivity contribution in [3.8, 4) is 11.7 Å². The molecule has 1 aromatic heterocycles. The zero-order valence-electron chi connectivity index (χ0n) is 9.57. The van der Waals surface area contributed by atoms with Gasteiger partial charge in [-0.3, -0.25) is 0 Å². The smallest absolute Gasteiger partial charge is 0.245 e. The molecular weight excluding hydrogens is 240 g/mol. The van der Waals surface area contributed by atoms with Gasteiger partial charge in [-0.25, -0.2) is 13.3 Å². The van der Waals surface area contributed by atoms with Crippen LogP contribution in [0.2, 0.25) is 0 Å². The minimum absolute atomic E-state index is 0.0113. The van der Waals surface area contributed by atoms with Crippen molar-refractivity contribution in [3.05, 3.63) is 35.7 Å². The Morgan fingerprint density at radius 2 is 2.11 bits per heavy atom. The third-order valence-electron chi connectivity index (χ3n) is 3.14. The van der Waals surface area contributed by atoms with E-state index in [2.05, 4.69) is 5.10 Å². The van der Waals surface area contributed by atoms with Crippen molar-refractivity contribution in [2.45, 2.75) is 25.8 Å². The van der Waals surface area contributed by atoms with Crippen LogP contribution in [-0.4, -0.2) is 9.78 Å². The van der Waals surface area contributed by atoms with Crippen LogP contribution < -0.4 is 9.67 Å². The average molecular weight is 251 g/mol. The zero-order valence-corrected chi connectivity index (χ0v) is 9.57. The minimum atomic E-state index is -0.590. The number of benzene rings is 1. The molecule has 0 saturated heterocycles. The topological polar surface area (TPSA) is 44.8 Å². The van der Waals surface area contributed by atoms with Crippen molar-refractivity contribution >= 4 is 0 Å². The zero-order chi connectivity index (χ0) is 12.7. The van der Waals surface area contributed by atoms with Crippen molar-refractivity contribution in [1.29, 1.82) is 0 Å². The summed E-state index contributed by atoms with van der Waals surface area (Å²) in [4.78, 5) is 0. The molecule has 0 bridgehead atoms. The van der Waals surface area contributed by atoms with E-state index >= 15 is 0 Å². The van der Waals surface area contributed by atoms with Gasteiger partial charge in [-0.2, -0.15) is 0 Å². The Kier molecular flexibility index (Phi) is 2.50. The van der Waals surface area contributed by atoms with Crippen molar-refractivity contribution in [2.75, 3.05) is 0 Å². The van der Waals surface area contributed by atoms with E-state index in [1.807, 2.05) is 0 Å². The maximum Gasteiger partial charge on any atom is 0.245 e. The first kappa shape index (κ1) is 11.1. The summed E-state index contributed by atoms with van der Waals surface area (Å²) in [6, 6.07) is 2.72. The quantitative estimate of drug-likeness (QED) is 0.705. The SMILES string of the molecule is [O-]c1nn(-c2cc(F)ccc2F)c2[n+]1CCCC2. The molecule has 4 nitrogen and oxygen atoms in total. The maximum absolute atomic E-state index is 13.7. The van der Waals surface area contributed by atoms with Gasteiger partial charge in [0.2, 0.25) is 11.8 Å². The summed E-state index contributed by atoms with van der Waals surface area (Å²) in [5.41, 5.74) is -0.0113. The van der Waals surface area contributed by atoms with E-state index in [1.165, 1.54) is 9.25 Å². The monoisotopic (exact) mass is 251 g/mol. The van der Waals surface area contributed by atoms with E-state index in [0.717, 1.165) is 31.0 Å². The third kappa shape index (κ3) is 1.64. The van der Waals surface area contributed by atoms with Gasteiger partial charge in [0.1, 0.15) is 5.82 Å². The van der Waals surface area contributed by atoms with E-state index in [9.17, 15) is 13.9 Å². The van der Waals surface area contributed by atoms with Crippen LogP contribution in [0.25, 0.3) is 5.69 Å². The number of hydrogen-bond donors (Lipinski definition) is 0. The first-order valence-corrected chi connectivity index (χ1v) is 5.81. The highest BCUT2D eigenvalue weighted by atomic mass is 19.1. The van der Waals surface area contributed by atoms with Gasteiger partial charge in [-0.05, 0) is 25.0 Å². The predicted octanol–water partition coefficient (Wildman–Crippen LogP) is 0.848. The number of nitrogens with zero attached hydrogens (tertiary/aromatic N) is 3. The standard InChI is InChI=1S/C12H11F2N3O/c13-8-4-5-9(14)10(7-8)17-11-3-1-2-6-16(11)12(18)15-17/h4-5,7H,1-3,6H2. The van der Waals surface area contributed by atoms with Crippen LogP contribution in [0.5, 0.6) is 6.01 Å². The summed E-state index contributed by atoms with van der Waals surface area (Å²) >= 11 is 0. The van der Waals surface area contributed by atoms with Crippen molar-refractivity contribution < 1.29 is 18.5 Å². The Labute approximate surface area is 102 Å². The molecule has 1 aliphatic heterocycles. The Balaban J connectivity index is 2.20. The van der Waals surface area contributed by atoms with Gasteiger partial charge in [0.25, 0.3) is 0 Å². The lowest BCUT2D eigenvalue weighted by Gasteiger charge is -2.11. The van der Waals surface area contributed by atoms with E-state index in [1.54, 1.807) is 0 Å². The second-order valence-electron chi connectivity index (χ2n) is 4.32. The van der Waals surface area contributed by atoms with E-state index in [0.29, 0.717) is 18.8 Å². The van der Waals surface area contributed by atoms with Crippen LogP contribution in [-0.2, 0) is 13.0 Å². The molecule has 1 aromatic carbocycles. The lowest BCUT2D eigenvalue weighted by molar-refractivity contribution is -0.746. The molecule has 0 amide bonds. The Bertz CT molecular complexity index is 610. The summed E-state index contributed by atoms with van der Waals surface area (Å²) in [7, 11) is 0. The molecule has 0 N–H and O–H groups in total. The minimum Gasteiger partial charge on any atom is -0.818 e. The molecule has 0 atom stereocenters. The molecule has 1 aliphatic rings. The van der Waals surface area contributed by atoms with Crippen molar-refractivity contribution in [1.82, 2.24) is 9.78 Å². The summed E-state index contributed by atoms with van der Waals surface area (Å²) < 4.78 is 29.6. The van der Waals surface area contributed by atoms with Crippen molar-refractivity contribution in [3.63, 3.8) is 0 Å². The first-order chi connectivity index (χ1) is 8.66. The van der Waals surface area contributed by atoms with E-state index in [4.69, 9.17) is 0 Å². The Hall–Kier alpha value is -1.98. The average Bonchev–Trinajstić information content (AvgIpc) is 2.71. The van der Waals surface area contributed by atoms with Gasteiger partial charge in [0.15, 0.2) is 11.5 Å². The normalized spacial score (nSPS) is 14.6. The van der Waals surface area contributed by atoms with Crippen LogP contribution in [0.4, 0.5) is 8.78 Å². The summed E-state index contributed by atoms with van der Waals surface area (Å²) in [5, 5.41) is 15.5. The second-order valence-corrected chi connectivity index (χ2v) is 4.32. The molecule has 6 heteroatoms. The van der Waals surface area contributed by atoms with Crippen LogP contribution in [0.15, 0.2) is 18.2 Å². The summed E-state index contributed by atoms with van der Waals surface area (Å²) in [5.74, 6) is -0.507.